The van der Waals surface area contributed by atoms with Gasteiger partial charge in [-0.2, -0.15) is 6.42 Å². The van der Waals surface area contributed by atoms with Crippen molar-refractivity contribution in [2.45, 2.75) is 44.3 Å². The predicted molar refractivity (Wildman–Crippen MR) is 55.9 cm³/mol. The molecule has 17 heavy (non-hydrogen) atoms. The van der Waals surface area contributed by atoms with Crippen molar-refractivity contribution >= 4 is 11.9 Å². The quantitative estimate of drug-likeness (QED) is 0.363. The van der Waals surface area contributed by atoms with Crippen LogP contribution in [0.5, 0.6) is 0 Å². The number of aliphatic carboxylic acids is 2. The van der Waals surface area contributed by atoms with Crippen LogP contribution in [0, 0.1) is 12.8 Å². The van der Waals surface area contributed by atoms with Gasteiger partial charge < -0.3 is 21.9 Å². The van der Waals surface area contributed by atoms with Gasteiger partial charge in [0.2, 0.25) is 0 Å². The summed E-state index contributed by atoms with van der Waals surface area (Å²) in [6, 6.07) is 0. The Balaban J connectivity index is 0.000000292. The van der Waals surface area contributed by atoms with Gasteiger partial charge in [0.05, 0.1) is 0 Å². The van der Waals surface area contributed by atoms with E-state index in [1.54, 1.807) is 0 Å². The smallest absolute Gasteiger partial charge is 0.479 e. The summed E-state index contributed by atoms with van der Waals surface area (Å²) in [6.07, 6.45) is 4.73. The summed E-state index contributed by atoms with van der Waals surface area (Å²) in [5.74, 6) is -1.45. The molecule has 2 unspecified atom stereocenters. The molecule has 0 radical (unpaired) electrons. The first-order chi connectivity index (χ1) is 7.56. The van der Waals surface area contributed by atoms with Crippen LogP contribution in [0.3, 0.4) is 0 Å². The second kappa shape index (κ2) is 8.61. The molecule has 0 aromatic rings. The zero-order valence-electron chi connectivity index (χ0n) is 10.1. The number of carboxylic acid groups (broad SMARTS) is 2. The van der Waals surface area contributed by atoms with Crippen LogP contribution in [0.15, 0.2) is 0 Å². The number of carbonyl (C=O) groups is 2. The Kier molecular flexibility index (Phi) is 8.88. The molecule has 92 valence electrons. The third kappa shape index (κ3) is 6.31. The van der Waals surface area contributed by atoms with Crippen LogP contribution in [0.25, 0.3) is 0 Å². The number of rotatable bonds is 3. The molecule has 0 spiro atoms. The SMILES string of the molecule is O=C(O)C1OC1C(=O)O.[CH2-]CC1CCCC1.[K+]. The fourth-order valence-corrected chi connectivity index (χ4v) is 1.79. The molecule has 1 aliphatic heterocycles. The maximum Gasteiger partial charge on any atom is 1.00 e. The Morgan fingerprint density at radius 3 is 1.71 bits per heavy atom. The van der Waals surface area contributed by atoms with Gasteiger partial charge in [-0.3, -0.25) is 0 Å². The first kappa shape index (κ1) is 17.5. The van der Waals surface area contributed by atoms with E-state index in [1.807, 2.05) is 0 Å². The van der Waals surface area contributed by atoms with E-state index in [2.05, 4.69) is 11.7 Å². The van der Waals surface area contributed by atoms with Gasteiger partial charge in [0.25, 0.3) is 0 Å². The molecular weight excluding hydrogens is 251 g/mol. The second-order valence-electron chi connectivity index (χ2n) is 4.09. The third-order valence-electron chi connectivity index (χ3n) is 2.86. The van der Waals surface area contributed by atoms with Gasteiger partial charge in [-0.25, -0.2) is 9.59 Å². The zero-order valence-corrected chi connectivity index (χ0v) is 13.2. The molecule has 5 nitrogen and oxygen atoms in total. The molecule has 0 bridgehead atoms. The largest absolute Gasteiger partial charge is 1.00 e. The van der Waals surface area contributed by atoms with E-state index in [0.29, 0.717) is 0 Å². The molecule has 0 aromatic heterocycles. The fraction of sp³-hybridized carbons (Fsp3) is 0.727. The summed E-state index contributed by atoms with van der Waals surface area (Å²) >= 11 is 0. The molecule has 2 rings (SSSR count). The number of epoxide rings is 1. The van der Waals surface area contributed by atoms with Gasteiger partial charge in [-0.15, -0.1) is 0 Å². The van der Waals surface area contributed by atoms with Gasteiger partial charge in [0, 0.05) is 0 Å². The molecule has 2 atom stereocenters. The average molecular weight is 268 g/mol. The molecule has 0 amide bonds. The number of hydrogen-bond donors (Lipinski definition) is 2. The first-order valence-corrected chi connectivity index (χ1v) is 5.46. The monoisotopic (exact) mass is 268 g/mol. The second-order valence-corrected chi connectivity index (χ2v) is 4.09. The van der Waals surface area contributed by atoms with Crippen molar-refractivity contribution in [1.82, 2.24) is 0 Å². The van der Waals surface area contributed by atoms with Gasteiger partial charge in [0.1, 0.15) is 0 Å². The van der Waals surface area contributed by atoms with Crippen LogP contribution >= 0.6 is 0 Å². The van der Waals surface area contributed by atoms with E-state index in [1.165, 1.54) is 32.1 Å². The number of ether oxygens (including phenoxy) is 1. The topological polar surface area (TPSA) is 87.1 Å². The summed E-state index contributed by atoms with van der Waals surface area (Å²) in [6.45, 7) is 3.87. The summed E-state index contributed by atoms with van der Waals surface area (Å²) in [7, 11) is 0. The van der Waals surface area contributed by atoms with Crippen molar-refractivity contribution in [2.75, 3.05) is 0 Å². The van der Waals surface area contributed by atoms with Gasteiger partial charge in [-0.1, -0.05) is 31.6 Å². The Labute approximate surface area is 143 Å². The number of hydrogen-bond acceptors (Lipinski definition) is 3. The predicted octanol–water partition coefficient (Wildman–Crippen LogP) is -1.67. The molecule has 2 aliphatic rings. The van der Waals surface area contributed by atoms with E-state index in [0.717, 1.165) is 5.92 Å². The summed E-state index contributed by atoms with van der Waals surface area (Å²) in [5.41, 5.74) is 0. The number of carboxylic acids is 2. The molecule has 2 fully saturated rings. The molecule has 1 heterocycles. The van der Waals surface area contributed by atoms with Crippen molar-refractivity contribution in [3.8, 4) is 0 Å². The molecular formula is C11H17KO5. The Morgan fingerprint density at radius 2 is 1.53 bits per heavy atom. The van der Waals surface area contributed by atoms with Crippen molar-refractivity contribution in [1.29, 1.82) is 0 Å². The minimum absolute atomic E-state index is 0. The molecule has 1 aliphatic carbocycles. The minimum atomic E-state index is -1.22. The Bertz CT molecular complexity index is 245. The third-order valence-corrected chi connectivity index (χ3v) is 2.86. The standard InChI is InChI=1S/C7H13.C4H4O5.K/c1-2-7-5-3-4-6-7;5-3(6)1-2(9-1)4(7)8;/h7H,1-6H2;1-2H,(H,5,6)(H,7,8);/q-1;;+1. The van der Waals surface area contributed by atoms with Crippen LogP contribution in [0.1, 0.15) is 32.1 Å². The molecule has 2 N–H and O–H groups in total. The van der Waals surface area contributed by atoms with Gasteiger partial charge in [-0.05, 0) is 0 Å². The zero-order chi connectivity index (χ0) is 12.1. The van der Waals surface area contributed by atoms with Crippen LogP contribution in [-0.4, -0.2) is 34.4 Å². The van der Waals surface area contributed by atoms with E-state index in [9.17, 15) is 9.59 Å². The van der Waals surface area contributed by atoms with E-state index in [4.69, 9.17) is 10.2 Å². The summed E-state index contributed by atoms with van der Waals surface area (Å²) < 4.78 is 4.24. The maximum absolute atomic E-state index is 9.89. The van der Waals surface area contributed by atoms with Crippen molar-refractivity contribution in [3.63, 3.8) is 0 Å². The first-order valence-electron chi connectivity index (χ1n) is 5.46. The fourth-order valence-electron chi connectivity index (χ4n) is 1.79. The molecule has 1 saturated heterocycles. The Morgan fingerprint density at radius 1 is 1.12 bits per heavy atom. The minimum Gasteiger partial charge on any atom is -0.479 e. The van der Waals surface area contributed by atoms with Gasteiger partial charge >= 0.3 is 63.3 Å². The van der Waals surface area contributed by atoms with Crippen LogP contribution in [0.2, 0.25) is 0 Å². The van der Waals surface area contributed by atoms with E-state index >= 15 is 0 Å². The molecule has 0 aromatic carbocycles. The average Bonchev–Trinajstić information content (AvgIpc) is 2.89. The van der Waals surface area contributed by atoms with Crippen LogP contribution in [0.4, 0.5) is 0 Å². The van der Waals surface area contributed by atoms with Crippen molar-refractivity contribution in [3.05, 3.63) is 6.92 Å². The maximum atomic E-state index is 9.89. The normalized spacial score (nSPS) is 26.4. The Hall–Kier alpha value is 0.536. The van der Waals surface area contributed by atoms with Gasteiger partial charge in [0.15, 0.2) is 12.2 Å². The molecule has 6 heteroatoms. The summed E-state index contributed by atoms with van der Waals surface area (Å²) in [4.78, 5) is 19.8. The van der Waals surface area contributed by atoms with E-state index < -0.39 is 24.1 Å². The molecule has 1 saturated carbocycles. The van der Waals surface area contributed by atoms with Crippen molar-refractivity contribution < 1.29 is 75.9 Å². The summed E-state index contributed by atoms with van der Waals surface area (Å²) in [5, 5.41) is 16.2. The van der Waals surface area contributed by atoms with E-state index in [-0.39, 0.29) is 51.4 Å². The van der Waals surface area contributed by atoms with Crippen LogP contribution < -0.4 is 51.4 Å². The van der Waals surface area contributed by atoms with Crippen molar-refractivity contribution in [2.24, 2.45) is 5.92 Å². The van der Waals surface area contributed by atoms with Crippen LogP contribution in [-0.2, 0) is 14.3 Å².